The van der Waals surface area contributed by atoms with Gasteiger partial charge in [0.15, 0.2) is 0 Å². The van der Waals surface area contributed by atoms with Gasteiger partial charge in [-0.3, -0.25) is 10.1 Å². The van der Waals surface area contributed by atoms with Crippen molar-refractivity contribution in [3.05, 3.63) is 122 Å². The molecule has 3 aromatic carbocycles. The van der Waals surface area contributed by atoms with Gasteiger partial charge in [-0.2, -0.15) is 0 Å². The van der Waals surface area contributed by atoms with E-state index in [2.05, 4.69) is 4.98 Å². The van der Waals surface area contributed by atoms with Gasteiger partial charge in [-0.05, 0) is 47.5 Å². The lowest BCUT2D eigenvalue weighted by molar-refractivity contribution is -0.384. The molecule has 0 fully saturated rings. The van der Waals surface area contributed by atoms with Crippen LogP contribution in [0, 0.1) is 10.1 Å². The predicted octanol–water partition coefficient (Wildman–Crippen LogP) is 6.31. The number of nitrogens with zero attached hydrogens (tertiary/aromatic N) is 3. The molecule has 6 nitrogen and oxygen atoms in total. The van der Waals surface area contributed by atoms with Crippen LogP contribution in [0.2, 0.25) is 10.0 Å². The lowest BCUT2D eigenvalue weighted by Gasteiger charge is -2.20. The number of ether oxygens (including phenoxy) is 1. The standard InChI is InChI=1S/C23H17Cl2N3O3/c24-19-6-1-18(22(25)13-19)14-31-21-9-4-17(5-10-21)23(27-12-11-26-15-27)16-2-7-20(8-3-16)28(29)30/h1-13,15,23H,14H2. The SMILES string of the molecule is O=[N+]([O-])c1ccc(C(c2ccc(OCc3ccc(Cl)cc3Cl)cc2)n2ccnc2)cc1. The van der Waals surface area contributed by atoms with Crippen molar-refractivity contribution in [2.45, 2.75) is 12.6 Å². The second-order valence-electron chi connectivity index (χ2n) is 6.85. The highest BCUT2D eigenvalue weighted by Gasteiger charge is 2.17. The van der Waals surface area contributed by atoms with Crippen molar-refractivity contribution < 1.29 is 9.66 Å². The molecule has 1 unspecified atom stereocenters. The van der Waals surface area contributed by atoms with Gasteiger partial charge in [0.25, 0.3) is 5.69 Å². The van der Waals surface area contributed by atoms with Crippen LogP contribution in [0.1, 0.15) is 22.7 Å². The summed E-state index contributed by atoms with van der Waals surface area (Å²) in [6, 6.07) is 19.3. The minimum atomic E-state index is -0.408. The van der Waals surface area contributed by atoms with Gasteiger partial charge in [-0.1, -0.05) is 41.4 Å². The summed E-state index contributed by atoms with van der Waals surface area (Å²) in [7, 11) is 0. The Labute approximate surface area is 188 Å². The summed E-state index contributed by atoms with van der Waals surface area (Å²) in [6.07, 6.45) is 5.28. The Bertz CT molecular complexity index is 1180. The fraction of sp³-hybridized carbons (Fsp3) is 0.0870. The van der Waals surface area contributed by atoms with Crippen molar-refractivity contribution in [1.29, 1.82) is 0 Å². The zero-order chi connectivity index (χ0) is 21.8. The maximum Gasteiger partial charge on any atom is 0.269 e. The minimum absolute atomic E-state index is 0.0535. The predicted molar refractivity (Wildman–Crippen MR) is 120 cm³/mol. The van der Waals surface area contributed by atoms with Gasteiger partial charge in [-0.25, -0.2) is 4.98 Å². The van der Waals surface area contributed by atoms with Crippen LogP contribution < -0.4 is 4.74 Å². The molecule has 0 amide bonds. The number of imidazole rings is 1. The van der Waals surface area contributed by atoms with Crippen LogP contribution in [-0.2, 0) is 6.61 Å². The highest BCUT2D eigenvalue weighted by molar-refractivity contribution is 6.35. The summed E-state index contributed by atoms with van der Waals surface area (Å²) in [5, 5.41) is 12.1. The lowest BCUT2D eigenvalue weighted by Crippen LogP contribution is -2.10. The molecule has 8 heteroatoms. The molecule has 0 bridgehead atoms. The summed E-state index contributed by atoms with van der Waals surface area (Å²) in [6.45, 7) is 0.322. The van der Waals surface area contributed by atoms with Gasteiger partial charge < -0.3 is 9.30 Å². The number of hydrogen-bond donors (Lipinski definition) is 0. The smallest absolute Gasteiger partial charge is 0.269 e. The number of hydrogen-bond acceptors (Lipinski definition) is 4. The maximum absolute atomic E-state index is 11.0. The summed E-state index contributed by atoms with van der Waals surface area (Å²) in [4.78, 5) is 14.7. The van der Waals surface area contributed by atoms with Crippen LogP contribution >= 0.6 is 23.2 Å². The summed E-state index contributed by atoms with van der Waals surface area (Å²) >= 11 is 12.1. The second-order valence-corrected chi connectivity index (χ2v) is 7.70. The van der Waals surface area contributed by atoms with Gasteiger partial charge in [0.2, 0.25) is 0 Å². The van der Waals surface area contributed by atoms with E-state index >= 15 is 0 Å². The van der Waals surface area contributed by atoms with E-state index in [0.717, 1.165) is 16.7 Å². The lowest BCUT2D eigenvalue weighted by atomic mass is 9.98. The number of benzene rings is 3. The van der Waals surface area contributed by atoms with E-state index in [4.69, 9.17) is 27.9 Å². The van der Waals surface area contributed by atoms with E-state index in [0.29, 0.717) is 22.4 Å². The van der Waals surface area contributed by atoms with Crippen LogP contribution in [0.3, 0.4) is 0 Å². The topological polar surface area (TPSA) is 70.2 Å². The molecule has 0 aliphatic rings. The molecule has 0 aliphatic carbocycles. The Kier molecular flexibility index (Phi) is 6.21. The van der Waals surface area contributed by atoms with Crippen molar-refractivity contribution >= 4 is 28.9 Å². The Morgan fingerprint density at radius 1 is 1.00 bits per heavy atom. The molecule has 0 radical (unpaired) electrons. The van der Waals surface area contributed by atoms with Crippen molar-refractivity contribution in [1.82, 2.24) is 9.55 Å². The van der Waals surface area contributed by atoms with Gasteiger partial charge in [0.05, 0.1) is 17.3 Å². The number of rotatable bonds is 7. The first-order chi connectivity index (χ1) is 15.0. The Morgan fingerprint density at radius 3 is 2.26 bits per heavy atom. The monoisotopic (exact) mass is 453 g/mol. The van der Waals surface area contributed by atoms with Crippen LogP contribution in [0.4, 0.5) is 5.69 Å². The maximum atomic E-state index is 11.0. The van der Waals surface area contributed by atoms with Gasteiger partial charge in [-0.15, -0.1) is 0 Å². The molecule has 0 N–H and O–H groups in total. The first-order valence-electron chi connectivity index (χ1n) is 9.40. The van der Waals surface area contributed by atoms with Crippen LogP contribution in [0.15, 0.2) is 85.5 Å². The van der Waals surface area contributed by atoms with Crippen molar-refractivity contribution in [3.63, 3.8) is 0 Å². The average Bonchev–Trinajstić information content (AvgIpc) is 3.29. The van der Waals surface area contributed by atoms with Gasteiger partial charge in [0.1, 0.15) is 12.4 Å². The first kappa shape index (κ1) is 20.9. The van der Waals surface area contributed by atoms with E-state index in [1.54, 1.807) is 36.8 Å². The van der Waals surface area contributed by atoms with Crippen LogP contribution in [0.5, 0.6) is 5.75 Å². The Hall–Kier alpha value is -3.35. The molecule has 156 valence electrons. The molecule has 0 saturated heterocycles. The molecule has 4 aromatic rings. The minimum Gasteiger partial charge on any atom is -0.489 e. The summed E-state index contributed by atoms with van der Waals surface area (Å²) in [5.41, 5.74) is 2.80. The molecule has 4 rings (SSSR count). The van der Waals surface area contributed by atoms with Gasteiger partial charge in [0, 0.05) is 40.1 Å². The Morgan fingerprint density at radius 2 is 1.68 bits per heavy atom. The third-order valence-corrected chi connectivity index (χ3v) is 5.43. The molecule has 31 heavy (non-hydrogen) atoms. The highest BCUT2D eigenvalue weighted by Crippen LogP contribution is 2.30. The molecular weight excluding hydrogens is 437 g/mol. The normalized spacial score (nSPS) is 11.8. The number of nitro benzene ring substituents is 1. The third-order valence-electron chi connectivity index (χ3n) is 4.85. The molecule has 0 saturated carbocycles. The zero-order valence-electron chi connectivity index (χ0n) is 16.2. The average molecular weight is 454 g/mol. The van der Waals surface area contributed by atoms with E-state index in [-0.39, 0.29) is 11.7 Å². The number of halogens is 2. The summed E-state index contributed by atoms with van der Waals surface area (Å²) < 4.78 is 7.81. The van der Waals surface area contributed by atoms with E-state index < -0.39 is 4.92 Å². The first-order valence-corrected chi connectivity index (χ1v) is 10.2. The summed E-state index contributed by atoms with van der Waals surface area (Å²) in [5.74, 6) is 0.697. The van der Waals surface area contributed by atoms with Gasteiger partial charge >= 0.3 is 0 Å². The Balaban J connectivity index is 1.56. The zero-order valence-corrected chi connectivity index (χ0v) is 17.7. The van der Waals surface area contributed by atoms with Crippen molar-refractivity contribution in [2.75, 3.05) is 0 Å². The fourth-order valence-electron chi connectivity index (χ4n) is 3.28. The number of non-ortho nitro benzene ring substituents is 1. The van der Waals surface area contributed by atoms with Crippen LogP contribution in [-0.4, -0.2) is 14.5 Å². The molecule has 1 aromatic heterocycles. The third kappa shape index (κ3) is 4.87. The van der Waals surface area contributed by atoms with Crippen molar-refractivity contribution in [3.8, 4) is 5.75 Å². The largest absolute Gasteiger partial charge is 0.489 e. The molecule has 1 atom stereocenters. The van der Waals surface area contributed by atoms with Crippen molar-refractivity contribution in [2.24, 2.45) is 0 Å². The van der Waals surface area contributed by atoms with E-state index in [1.165, 1.54) is 12.1 Å². The second kappa shape index (κ2) is 9.20. The molecular formula is C23H17Cl2N3O3. The molecule has 0 spiro atoms. The molecule has 1 heterocycles. The fourth-order valence-corrected chi connectivity index (χ4v) is 3.75. The quantitative estimate of drug-likeness (QED) is 0.242. The van der Waals surface area contributed by atoms with E-state index in [9.17, 15) is 10.1 Å². The highest BCUT2D eigenvalue weighted by atomic mass is 35.5. The number of nitro groups is 1. The van der Waals surface area contributed by atoms with Crippen LogP contribution in [0.25, 0.3) is 0 Å². The molecule has 0 aliphatic heterocycles. The van der Waals surface area contributed by atoms with E-state index in [1.807, 2.05) is 41.1 Å². The number of aromatic nitrogens is 2.